The summed E-state index contributed by atoms with van der Waals surface area (Å²) in [4.78, 5) is 7.71. The van der Waals surface area contributed by atoms with Crippen molar-refractivity contribution >= 4 is 61.0 Å². The fraction of sp³-hybridized carbons (Fsp3) is 0.0794. The van der Waals surface area contributed by atoms with Gasteiger partial charge in [-0.15, -0.1) is 0 Å². The third-order valence-corrected chi connectivity index (χ3v) is 13.3. The first-order chi connectivity index (χ1) is 33.5. The molecule has 0 spiro atoms. The molecule has 0 fully saturated rings. The van der Waals surface area contributed by atoms with E-state index in [2.05, 4.69) is 224 Å². The number of aromatic nitrogens is 1. The topological polar surface area (TPSA) is 57.5 Å². The summed E-state index contributed by atoms with van der Waals surface area (Å²) in [6.45, 7) is 2.64. The van der Waals surface area contributed by atoms with Gasteiger partial charge in [-0.25, -0.2) is 4.99 Å². The van der Waals surface area contributed by atoms with Crippen molar-refractivity contribution in [2.75, 3.05) is 13.6 Å². The maximum absolute atomic E-state index is 9.67. The molecule has 5 heteroatoms. The molecule has 11 rings (SSSR count). The second-order valence-electron chi connectivity index (χ2n) is 17.6. The molecule has 1 atom stereocenters. The Balaban J connectivity index is 1.24. The number of allylic oxidation sites excluding steroid dienone is 1. The van der Waals surface area contributed by atoms with Crippen LogP contribution >= 0.6 is 0 Å². The Morgan fingerprint density at radius 1 is 0.544 bits per heavy atom. The van der Waals surface area contributed by atoms with Gasteiger partial charge in [-0.2, -0.15) is 0 Å². The van der Waals surface area contributed by atoms with Crippen LogP contribution in [0.1, 0.15) is 29.2 Å². The van der Waals surface area contributed by atoms with Gasteiger partial charge in [0.25, 0.3) is 0 Å². The van der Waals surface area contributed by atoms with Crippen LogP contribution in [0.2, 0.25) is 0 Å². The van der Waals surface area contributed by atoms with Gasteiger partial charge in [-0.3, -0.25) is 5.41 Å². The first-order valence-corrected chi connectivity index (χ1v) is 23.3. The highest BCUT2D eigenvalue weighted by Gasteiger charge is 2.42. The zero-order valence-electron chi connectivity index (χ0n) is 38.2. The average Bonchev–Trinajstić information content (AvgIpc) is 3.95. The molecule has 1 unspecified atom stereocenters. The predicted octanol–water partition coefficient (Wildman–Crippen LogP) is 15.5. The standard InChI is InChI=1S/C63H50N4O/c1-3-55(47-29-15-7-16-30-47)63(42-44-23-9-4-10-24-44,67-56-35-21-19-33-52(56)53-37-38-58-59(60(53)67)54-34-20-22-36-57(54)68-58)43-66(2)62(65-61(64)48-31-17-8-18-32-48)51-40-49(45-25-11-5-12-26-45)39-50(41-51)46-27-13-6-14-28-46/h3-41,64H,42-43H2,1-2H3/b55-3-,64-61?,65-62-. The van der Waals surface area contributed by atoms with Crippen molar-refractivity contribution < 1.29 is 4.42 Å². The maximum Gasteiger partial charge on any atom is 0.154 e. The Kier molecular flexibility index (Phi) is 11.2. The van der Waals surface area contributed by atoms with Crippen molar-refractivity contribution in [1.29, 1.82) is 5.41 Å². The highest BCUT2D eigenvalue weighted by molar-refractivity contribution is 6.24. The Hall–Kier alpha value is -8.54. The Labute approximate surface area is 397 Å². The van der Waals surface area contributed by atoms with Crippen molar-refractivity contribution in [2.24, 2.45) is 4.99 Å². The number of hydrogen-bond donors (Lipinski definition) is 1. The van der Waals surface area contributed by atoms with E-state index in [-0.39, 0.29) is 5.84 Å². The van der Waals surface area contributed by atoms with Crippen LogP contribution in [0.25, 0.3) is 71.6 Å². The smallest absolute Gasteiger partial charge is 0.154 e. The van der Waals surface area contributed by atoms with Gasteiger partial charge in [0.05, 0.1) is 22.0 Å². The molecule has 68 heavy (non-hydrogen) atoms. The van der Waals surface area contributed by atoms with E-state index in [1.165, 1.54) is 16.5 Å². The predicted molar refractivity (Wildman–Crippen MR) is 285 cm³/mol. The lowest BCUT2D eigenvalue weighted by molar-refractivity contribution is 0.311. The molecule has 0 amide bonds. The first kappa shape index (κ1) is 42.1. The van der Waals surface area contributed by atoms with Crippen molar-refractivity contribution in [1.82, 2.24) is 9.47 Å². The molecule has 0 saturated carbocycles. The molecule has 0 aliphatic carbocycles. The third kappa shape index (κ3) is 7.68. The monoisotopic (exact) mass is 878 g/mol. The lowest BCUT2D eigenvalue weighted by atomic mass is 9.78. The number of amidine groups is 2. The third-order valence-electron chi connectivity index (χ3n) is 13.3. The first-order valence-electron chi connectivity index (χ1n) is 23.3. The van der Waals surface area contributed by atoms with Crippen LogP contribution in [0, 0.1) is 5.41 Å². The van der Waals surface area contributed by atoms with E-state index < -0.39 is 5.54 Å². The van der Waals surface area contributed by atoms with Crippen molar-refractivity contribution in [2.45, 2.75) is 18.9 Å². The quantitative estimate of drug-likeness (QED) is 0.104. The van der Waals surface area contributed by atoms with Crippen LogP contribution in [0.4, 0.5) is 0 Å². The number of para-hydroxylation sites is 2. The van der Waals surface area contributed by atoms with Gasteiger partial charge in [-0.1, -0.05) is 194 Å². The molecular weight excluding hydrogens is 829 g/mol. The molecule has 11 aromatic rings. The SMILES string of the molecule is C/C=C(/c1ccccc1)C(Cc1ccccc1)(CN(C)/C(=N\C(=N)c1ccccc1)c1cc(-c2ccccc2)cc(-c2ccccc2)c1)n1c2ccccc2c2ccc3oc4ccccc4c3c21. The number of benzene rings is 9. The van der Waals surface area contributed by atoms with Gasteiger partial charge in [0.15, 0.2) is 5.84 Å². The van der Waals surface area contributed by atoms with Gasteiger partial charge in [0.2, 0.25) is 0 Å². The number of furan rings is 1. The molecule has 5 nitrogen and oxygen atoms in total. The summed E-state index contributed by atoms with van der Waals surface area (Å²) < 4.78 is 9.32. The van der Waals surface area contributed by atoms with Crippen LogP contribution in [0.3, 0.4) is 0 Å². The summed E-state index contributed by atoms with van der Waals surface area (Å²) >= 11 is 0. The number of fused-ring (bicyclic) bond motifs is 7. The van der Waals surface area contributed by atoms with E-state index in [0.717, 1.165) is 77.3 Å². The highest BCUT2D eigenvalue weighted by Crippen LogP contribution is 2.48. The second-order valence-corrected chi connectivity index (χ2v) is 17.6. The number of likely N-dealkylation sites (N-methyl/N-ethyl adjacent to an activating group) is 1. The fourth-order valence-corrected chi connectivity index (χ4v) is 10.4. The minimum Gasteiger partial charge on any atom is -0.456 e. The van der Waals surface area contributed by atoms with Gasteiger partial charge in [0.1, 0.15) is 17.0 Å². The molecule has 0 bridgehead atoms. The van der Waals surface area contributed by atoms with Crippen LogP contribution in [0.15, 0.2) is 246 Å². The molecule has 2 aromatic heterocycles. The minimum atomic E-state index is -0.810. The Bertz CT molecular complexity index is 3590. The molecule has 9 aromatic carbocycles. The minimum absolute atomic E-state index is 0.185. The second kappa shape index (κ2) is 18.0. The van der Waals surface area contributed by atoms with E-state index in [0.29, 0.717) is 18.8 Å². The summed E-state index contributed by atoms with van der Waals surface area (Å²) in [6, 6.07) is 81.0. The van der Waals surface area contributed by atoms with Gasteiger partial charge in [0, 0.05) is 47.3 Å². The summed E-state index contributed by atoms with van der Waals surface area (Å²) in [7, 11) is 2.16. The summed E-state index contributed by atoms with van der Waals surface area (Å²) in [6.07, 6.45) is 2.95. The fourth-order valence-electron chi connectivity index (χ4n) is 10.4. The summed E-state index contributed by atoms with van der Waals surface area (Å²) in [5, 5.41) is 14.2. The average molecular weight is 879 g/mol. The lowest BCUT2D eigenvalue weighted by Crippen LogP contribution is -2.48. The maximum atomic E-state index is 9.67. The summed E-state index contributed by atoms with van der Waals surface area (Å²) in [5.41, 5.74) is 12.6. The van der Waals surface area contributed by atoms with Crippen LogP contribution in [-0.2, 0) is 12.0 Å². The molecular formula is C63H50N4O. The Morgan fingerprint density at radius 2 is 1.09 bits per heavy atom. The largest absolute Gasteiger partial charge is 0.456 e. The van der Waals surface area contributed by atoms with Crippen LogP contribution < -0.4 is 0 Å². The van der Waals surface area contributed by atoms with E-state index in [9.17, 15) is 5.41 Å². The van der Waals surface area contributed by atoms with E-state index in [1.54, 1.807) is 0 Å². The van der Waals surface area contributed by atoms with Gasteiger partial charge < -0.3 is 13.9 Å². The number of hydrogen-bond acceptors (Lipinski definition) is 2. The van der Waals surface area contributed by atoms with Crippen molar-refractivity contribution in [3.63, 3.8) is 0 Å². The molecule has 0 saturated heterocycles. The van der Waals surface area contributed by atoms with Gasteiger partial charge >= 0.3 is 0 Å². The van der Waals surface area contributed by atoms with Crippen molar-refractivity contribution in [3.05, 3.63) is 259 Å². The van der Waals surface area contributed by atoms with E-state index in [1.807, 2.05) is 36.4 Å². The van der Waals surface area contributed by atoms with E-state index in [4.69, 9.17) is 9.41 Å². The molecule has 328 valence electrons. The number of aliphatic imine (C=N–C) groups is 1. The Morgan fingerprint density at radius 3 is 1.72 bits per heavy atom. The van der Waals surface area contributed by atoms with E-state index >= 15 is 0 Å². The zero-order chi connectivity index (χ0) is 46.0. The van der Waals surface area contributed by atoms with Crippen LogP contribution in [0.5, 0.6) is 0 Å². The lowest BCUT2D eigenvalue weighted by Gasteiger charge is -2.43. The molecule has 0 radical (unpaired) electrons. The molecule has 1 N–H and O–H groups in total. The summed E-state index contributed by atoms with van der Waals surface area (Å²) in [5.74, 6) is 0.875. The number of nitrogens with one attached hydrogen (secondary N) is 1. The molecule has 0 aliphatic heterocycles. The molecule has 0 aliphatic rings. The van der Waals surface area contributed by atoms with Crippen molar-refractivity contribution in [3.8, 4) is 22.3 Å². The van der Waals surface area contributed by atoms with Crippen LogP contribution in [-0.4, -0.2) is 34.7 Å². The zero-order valence-corrected chi connectivity index (χ0v) is 38.2. The number of rotatable bonds is 11. The highest BCUT2D eigenvalue weighted by atomic mass is 16.3. The van der Waals surface area contributed by atoms with Gasteiger partial charge in [-0.05, 0) is 88.3 Å². The normalized spacial score (nSPS) is 13.0. The number of nitrogens with zero attached hydrogens (tertiary/aromatic N) is 3. The molecule has 2 heterocycles.